The van der Waals surface area contributed by atoms with E-state index < -0.39 is 0 Å². The van der Waals surface area contributed by atoms with Crippen molar-refractivity contribution in [1.82, 2.24) is 4.98 Å². The maximum atomic E-state index is 13.6. The number of carbonyl (C=O) groups excluding carboxylic acids is 1. The first-order valence-corrected chi connectivity index (χ1v) is 11.3. The average Bonchev–Trinajstić information content (AvgIpc) is 3.36. The topological polar surface area (TPSA) is 46.3 Å². The molecule has 4 rings (SSSR count). The number of carbonyl (C=O) groups is 1. The van der Waals surface area contributed by atoms with Gasteiger partial charge in [-0.1, -0.05) is 37.3 Å². The Labute approximate surface area is 182 Å². The Balaban J connectivity index is 1.59. The lowest BCUT2D eigenvalue weighted by Crippen LogP contribution is -2.31. The molecule has 2 aromatic carbocycles. The van der Waals surface area contributed by atoms with Crippen LogP contribution in [0.25, 0.3) is 10.2 Å². The van der Waals surface area contributed by atoms with Gasteiger partial charge in [-0.05, 0) is 48.0 Å². The van der Waals surface area contributed by atoms with E-state index in [0.717, 1.165) is 5.56 Å². The van der Waals surface area contributed by atoms with Gasteiger partial charge in [0.15, 0.2) is 5.13 Å². The molecule has 4 nitrogen and oxygen atoms in total. The fourth-order valence-electron chi connectivity index (χ4n) is 3.05. The number of anilines is 1. The van der Waals surface area contributed by atoms with Crippen LogP contribution in [0, 0.1) is 5.82 Å². The number of fused-ring (bicyclic) bond motifs is 1. The lowest BCUT2D eigenvalue weighted by Gasteiger charge is -2.19. The molecule has 0 bridgehead atoms. The van der Waals surface area contributed by atoms with E-state index in [2.05, 4.69) is 18.8 Å². The molecule has 0 aliphatic carbocycles. The minimum atomic E-state index is -0.319. The summed E-state index contributed by atoms with van der Waals surface area (Å²) in [5, 5.41) is 1.04. The monoisotopic (exact) mass is 440 g/mol. The van der Waals surface area contributed by atoms with Crippen molar-refractivity contribution in [3.05, 3.63) is 78.0 Å². The molecule has 0 fully saturated rings. The van der Waals surface area contributed by atoms with Gasteiger partial charge in [-0.3, -0.25) is 9.69 Å². The average molecular weight is 441 g/mol. The van der Waals surface area contributed by atoms with Gasteiger partial charge in [-0.25, -0.2) is 9.37 Å². The second kappa shape index (κ2) is 9.02. The Morgan fingerprint density at radius 2 is 2.00 bits per heavy atom. The highest BCUT2D eigenvalue weighted by molar-refractivity contribution is 7.99. The van der Waals surface area contributed by atoms with Crippen LogP contribution < -0.4 is 4.90 Å². The van der Waals surface area contributed by atoms with Crippen LogP contribution in [0.1, 0.15) is 25.2 Å². The number of aromatic nitrogens is 1. The SMILES string of the molecule is CC(C)Sc1ccc(CC(=O)N(Cc2ccco2)c2nc3ccc(F)cc3s2)cc1. The van der Waals surface area contributed by atoms with Gasteiger partial charge in [0.25, 0.3) is 0 Å². The van der Waals surface area contributed by atoms with Crippen molar-refractivity contribution in [3.63, 3.8) is 0 Å². The predicted octanol–water partition coefficient (Wildman–Crippen LogP) is 6.30. The lowest BCUT2D eigenvalue weighted by molar-refractivity contribution is -0.118. The van der Waals surface area contributed by atoms with E-state index in [1.54, 1.807) is 35.1 Å². The lowest BCUT2D eigenvalue weighted by atomic mass is 10.1. The molecule has 0 aliphatic rings. The van der Waals surface area contributed by atoms with Crippen LogP contribution in [0.15, 0.2) is 70.2 Å². The number of halogens is 1. The molecular weight excluding hydrogens is 419 g/mol. The molecule has 0 aliphatic heterocycles. The van der Waals surface area contributed by atoms with Gasteiger partial charge in [0.05, 0.1) is 29.4 Å². The maximum Gasteiger partial charge on any atom is 0.233 e. The molecule has 0 N–H and O–H groups in total. The molecule has 154 valence electrons. The molecule has 2 heterocycles. The number of amides is 1. The molecule has 30 heavy (non-hydrogen) atoms. The summed E-state index contributed by atoms with van der Waals surface area (Å²) in [5.74, 6) is 0.258. The van der Waals surface area contributed by atoms with Crippen molar-refractivity contribution in [2.45, 2.75) is 37.0 Å². The minimum absolute atomic E-state index is 0.0878. The highest BCUT2D eigenvalue weighted by Crippen LogP contribution is 2.31. The zero-order chi connectivity index (χ0) is 21.1. The molecule has 1 amide bonds. The van der Waals surface area contributed by atoms with Crippen molar-refractivity contribution in [1.29, 1.82) is 0 Å². The molecule has 0 radical (unpaired) electrons. The van der Waals surface area contributed by atoms with E-state index in [9.17, 15) is 9.18 Å². The first-order chi connectivity index (χ1) is 14.5. The third-order valence-electron chi connectivity index (χ3n) is 4.42. The number of nitrogens with zero attached hydrogens (tertiary/aromatic N) is 2. The number of hydrogen-bond donors (Lipinski definition) is 0. The van der Waals surface area contributed by atoms with Gasteiger partial charge in [0.1, 0.15) is 11.6 Å². The van der Waals surface area contributed by atoms with Gasteiger partial charge in [0, 0.05) is 10.1 Å². The van der Waals surface area contributed by atoms with Crippen LogP contribution in [-0.2, 0) is 17.8 Å². The molecule has 0 spiro atoms. The summed E-state index contributed by atoms with van der Waals surface area (Å²) in [7, 11) is 0. The maximum absolute atomic E-state index is 13.6. The third kappa shape index (κ3) is 4.91. The number of furan rings is 1. The molecule has 2 aromatic heterocycles. The van der Waals surface area contributed by atoms with Crippen LogP contribution in [-0.4, -0.2) is 16.1 Å². The van der Waals surface area contributed by atoms with Gasteiger partial charge >= 0.3 is 0 Å². The quantitative estimate of drug-likeness (QED) is 0.316. The standard InChI is InChI=1S/C23H21FN2O2S2/c1-15(2)29-19-8-5-16(6-9-19)12-22(27)26(14-18-4-3-11-28-18)23-25-20-10-7-17(24)13-21(20)30-23/h3-11,13,15H,12,14H2,1-2H3. The molecule has 0 saturated heterocycles. The first-order valence-electron chi connectivity index (χ1n) is 9.62. The summed E-state index contributed by atoms with van der Waals surface area (Å²) in [6.45, 7) is 4.58. The van der Waals surface area contributed by atoms with E-state index in [1.807, 2.05) is 30.3 Å². The normalized spacial score (nSPS) is 11.3. The second-order valence-corrected chi connectivity index (χ2v) is 9.81. The minimum Gasteiger partial charge on any atom is -0.467 e. The Hall–Kier alpha value is -2.64. The zero-order valence-corrected chi connectivity index (χ0v) is 18.3. The zero-order valence-electron chi connectivity index (χ0n) is 16.7. The van der Waals surface area contributed by atoms with Crippen LogP contribution in [0.5, 0.6) is 0 Å². The Morgan fingerprint density at radius 3 is 2.70 bits per heavy atom. The molecule has 0 atom stereocenters. The van der Waals surface area contributed by atoms with Crippen molar-refractivity contribution in [2.24, 2.45) is 0 Å². The van der Waals surface area contributed by atoms with Crippen LogP contribution >= 0.6 is 23.1 Å². The predicted molar refractivity (Wildman–Crippen MR) is 121 cm³/mol. The summed E-state index contributed by atoms with van der Waals surface area (Å²) in [6.07, 6.45) is 1.83. The van der Waals surface area contributed by atoms with Crippen molar-refractivity contribution in [3.8, 4) is 0 Å². The van der Waals surface area contributed by atoms with Crippen LogP contribution in [0.2, 0.25) is 0 Å². The summed E-state index contributed by atoms with van der Waals surface area (Å²) in [4.78, 5) is 20.6. The Bertz CT molecular complexity index is 1140. The summed E-state index contributed by atoms with van der Waals surface area (Å²) >= 11 is 3.09. The van der Waals surface area contributed by atoms with Crippen molar-refractivity contribution in [2.75, 3.05) is 4.90 Å². The van der Waals surface area contributed by atoms with E-state index in [1.165, 1.54) is 28.4 Å². The van der Waals surface area contributed by atoms with Gasteiger partial charge in [0.2, 0.25) is 5.91 Å². The number of thioether (sulfide) groups is 1. The molecule has 4 aromatic rings. The largest absolute Gasteiger partial charge is 0.467 e. The number of benzene rings is 2. The summed E-state index contributed by atoms with van der Waals surface area (Å²) in [6, 6.07) is 16.1. The van der Waals surface area contributed by atoms with Gasteiger partial charge < -0.3 is 4.42 Å². The smallest absolute Gasteiger partial charge is 0.233 e. The van der Waals surface area contributed by atoms with Gasteiger partial charge in [-0.15, -0.1) is 11.8 Å². The fraction of sp³-hybridized carbons (Fsp3) is 0.217. The Morgan fingerprint density at radius 1 is 1.20 bits per heavy atom. The fourth-order valence-corrected chi connectivity index (χ4v) is 4.90. The van der Waals surface area contributed by atoms with Crippen molar-refractivity contribution < 1.29 is 13.6 Å². The van der Waals surface area contributed by atoms with E-state index in [-0.39, 0.29) is 24.7 Å². The van der Waals surface area contributed by atoms with E-state index in [4.69, 9.17) is 4.42 Å². The highest BCUT2D eigenvalue weighted by Gasteiger charge is 2.22. The molecular formula is C23H21FN2O2S2. The number of rotatable bonds is 7. The highest BCUT2D eigenvalue weighted by atomic mass is 32.2. The number of thiazole rings is 1. The van der Waals surface area contributed by atoms with Crippen molar-refractivity contribution >= 4 is 44.4 Å². The Kier molecular flexibility index (Phi) is 6.20. The molecule has 0 unspecified atom stereocenters. The third-order valence-corrected chi connectivity index (χ3v) is 6.47. The van der Waals surface area contributed by atoms with E-state index >= 15 is 0 Å². The van der Waals surface area contributed by atoms with E-state index in [0.29, 0.717) is 26.4 Å². The van der Waals surface area contributed by atoms with Gasteiger partial charge in [-0.2, -0.15) is 0 Å². The summed E-state index contributed by atoms with van der Waals surface area (Å²) in [5.41, 5.74) is 1.61. The molecule has 0 saturated carbocycles. The van der Waals surface area contributed by atoms with Crippen LogP contribution in [0.3, 0.4) is 0 Å². The molecule has 7 heteroatoms. The number of hydrogen-bond acceptors (Lipinski definition) is 5. The van der Waals surface area contributed by atoms with Crippen LogP contribution in [0.4, 0.5) is 9.52 Å². The summed E-state index contributed by atoms with van der Waals surface area (Å²) < 4.78 is 19.7. The first kappa shape index (κ1) is 20.6. The second-order valence-electron chi connectivity index (χ2n) is 7.16.